The number of nitrogens with zero attached hydrogens (tertiary/aromatic N) is 1. The minimum absolute atomic E-state index is 0.0252. The molecule has 1 aliphatic heterocycles. The summed E-state index contributed by atoms with van der Waals surface area (Å²) in [4.78, 5) is 22.7. The zero-order valence-electron chi connectivity index (χ0n) is 13.6. The lowest BCUT2D eigenvalue weighted by Gasteiger charge is -2.30. The second-order valence-electron chi connectivity index (χ2n) is 5.65. The minimum Gasteiger partial charge on any atom is -0.495 e. The SMILES string of the molecule is COc1ccc(S(=O)(=O)N2CCCC(C(N)=O)C2)cc1NC(C)=O. The fourth-order valence-electron chi connectivity index (χ4n) is 2.68. The molecule has 0 aromatic heterocycles. The number of methoxy groups -OCH3 is 1. The molecule has 132 valence electrons. The van der Waals surface area contributed by atoms with Crippen molar-refractivity contribution in [2.24, 2.45) is 11.7 Å². The molecule has 1 saturated heterocycles. The summed E-state index contributed by atoms with van der Waals surface area (Å²) in [6.45, 7) is 1.72. The first-order chi connectivity index (χ1) is 11.3. The number of carbonyl (C=O) groups excluding carboxylic acids is 2. The number of nitrogens with two attached hydrogens (primary N) is 1. The molecule has 1 aromatic carbocycles. The molecule has 1 unspecified atom stereocenters. The summed E-state index contributed by atoms with van der Waals surface area (Å²) >= 11 is 0. The Hall–Kier alpha value is -2.13. The van der Waals surface area contributed by atoms with Crippen molar-refractivity contribution in [3.63, 3.8) is 0 Å². The standard InChI is InChI=1S/C15H21N3O5S/c1-10(19)17-13-8-12(5-6-14(13)23-2)24(21,22)18-7-3-4-11(9-18)15(16)20/h5-6,8,11H,3-4,7,9H2,1-2H3,(H2,16,20)(H,17,19). The summed E-state index contributed by atoms with van der Waals surface area (Å²) in [6.07, 6.45) is 1.16. The van der Waals surface area contributed by atoms with Crippen LogP contribution in [0.1, 0.15) is 19.8 Å². The van der Waals surface area contributed by atoms with Gasteiger partial charge >= 0.3 is 0 Å². The van der Waals surface area contributed by atoms with Gasteiger partial charge in [-0.05, 0) is 31.0 Å². The van der Waals surface area contributed by atoms with Gasteiger partial charge in [-0.2, -0.15) is 4.31 Å². The first-order valence-electron chi connectivity index (χ1n) is 7.50. The van der Waals surface area contributed by atoms with Crippen LogP contribution in [-0.4, -0.2) is 44.7 Å². The molecule has 0 radical (unpaired) electrons. The van der Waals surface area contributed by atoms with E-state index in [2.05, 4.69) is 5.32 Å². The number of hydrogen-bond acceptors (Lipinski definition) is 5. The Morgan fingerprint density at radius 3 is 2.67 bits per heavy atom. The van der Waals surface area contributed by atoms with Crippen LogP contribution in [0.2, 0.25) is 0 Å². The third-order valence-electron chi connectivity index (χ3n) is 3.91. The summed E-state index contributed by atoms with van der Waals surface area (Å²) in [5.74, 6) is -0.961. The van der Waals surface area contributed by atoms with Gasteiger partial charge in [0.25, 0.3) is 0 Å². The maximum atomic E-state index is 12.8. The number of hydrogen-bond donors (Lipinski definition) is 2. The first kappa shape index (κ1) is 18.2. The Morgan fingerprint density at radius 1 is 1.38 bits per heavy atom. The molecule has 9 heteroatoms. The average molecular weight is 355 g/mol. The summed E-state index contributed by atoms with van der Waals surface area (Å²) in [7, 11) is -2.37. The number of primary amides is 1. The van der Waals surface area contributed by atoms with Gasteiger partial charge in [-0.3, -0.25) is 9.59 Å². The van der Waals surface area contributed by atoms with E-state index in [-0.39, 0.29) is 23.0 Å². The van der Waals surface area contributed by atoms with Crippen molar-refractivity contribution in [3.05, 3.63) is 18.2 Å². The van der Waals surface area contributed by atoms with Gasteiger partial charge in [0, 0.05) is 20.0 Å². The molecule has 8 nitrogen and oxygen atoms in total. The van der Waals surface area contributed by atoms with Gasteiger partial charge in [0.05, 0.1) is 23.6 Å². The number of nitrogens with one attached hydrogen (secondary N) is 1. The zero-order valence-corrected chi connectivity index (χ0v) is 14.4. The number of carbonyl (C=O) groups is 2. The van der Waals surface area contributed by atoms with Gasteiger partial charge in [0.15, 0.2) is 0 Å². The second kappa shape index (κ2) is 7.18. The van der Waals surface area contributed by atoms with Gasteiger partial charge < -0.3 is 15.8 Å². The molecular formula is C15H21N3O5S. The van der Waals surface area contributed by atoms with E-state index >= 15 is 0 Å². The number of ether oxygens (including phenoxy) is 1. The van der Waals surface area contributed by atoms with E-state index in [0.717, 1.165) is 0 Å². The zero-order chi connectivity index (χ0) is 17.9. The van der Waals surface area contributed by atoms with Gasteiger partial charge in [-0.15, -0.1) is 0 Å². The number of benzene rings is 1. The molecular weight excluding hydrogens is 334 g/mol. The smallest absolute Gasteiger partial charge is 0.243 e. The van der Waals surface area contributed by atoms with E-state index in [4.69, 9.17) is 10.5 Å². The maximum Gasteiger partial charge on any atom is 0.243 e. The lowest BCUT2D eigenvalue weighted by molar-refractivity contribution is -0.122. The lowest BCUT2D eigenvalue weighted by Crippen LogP contribution is -2.44. The number of rotatable bonds is 5. The quantitative estimate of drug-likeness (QED) is 0.799. The third kappa shape index (κ3) is 3.85. The Kier molecular flexibility index (Phi) is 5.45. The normalized spacial score (nSPS) is 18.8. The van der Waals surface area contributed by atoms with Crippen LogP contribution in [0.5, 0.6) is 5.75 Å². The highest BCUT2D eigenvalue weighted by atomic mass is 32.2. The predicted octanol–water partition coefficient (Wildman–Crippen LogP) is 0.540. The van der Waals surface area contributed by atoms with E-state index in [1.807, 2.05) is 0 Å². The fraction of sp³-hybridized carbons (Fsp3) is 0.467. The van der Waals surface area contributed by atoms with Crippen molar-refractivity contribution in [2.45, 2.75) is 24.7 Å². The van der Waals surface area contributed by atoms with Crippen LogP contribution in [0.25, 0.3) is 0 Å². The van der Waals surface area contributed by atoms with Crippen molar-refractivity contribution in [1.82, 2.24) is 4.31 Å². The Labute approximate surface area is 141 Å². The molecule has 1 atom stereocenters. The Balaban J connectivity index is 2.35. The van der Waals surface area contributed by atoms with Crippen LogP contribution in [0.4, 0.5) is 5.69 Å². The number of sulfonamides is 1. The topological polar surface area (TPSA) is 119 Å². The molecule has 0 spiro atoms. The van der Waals surface area contributed by atoms with Crippen LogP contribution in [0, 0.1) is 5.92 Å². The first-order valence-corrected chi connectivity index (χ1v) is 8.95. The van der Waals surface area contributed by atoms with Crippen LogP contribution >= 0.6 is 0 Å². The van der Waals surface area contributed by atoms with Gasteiger partial charge in [-0.25, -0.2) is 8.42 Å². The van der Waals surface area contributed by atoms with Crippen LogP contribution in [0.3, 0.4) is 0 Å². The lowest BCUT2D eigenvalue weighted by atomic mass is 9.99. The van der Waals surface area contributed by atoms with Crippen molar-refractivity contribution >= 4 is 27.5 Å². The van der Waals surface area contributed by atoms with Crippen LogP contribution in [0.15, 0.2) is 23.1 Å². The second-order valence-corrected chi connectivity index (χ2v) is 7.59. The minimum atomic E-state index is -3.79. The molecule has 2 amide bonds. The molecule has 3 N–H and O–H groups in total. The molecule has 1 fully saturated rings. The molecule has 2 rings (SSSR count). The van der Waals surface area contributed by atoms with E-state index in [0.29, 0.717) is 25.1 Å². The largest absolute Gasteiger partial charge is 0.495 e. The van der Waals surface area contributed by atoms with Gasteiger partial charge in [-0.1, -0.05) is 0 Å². The fourth-order valence-corrected chi connectivity index (χ4v) is 4.23. The molecule has 0 aliphatic carbocycles. The van der Waals surface area contributed by atoms with Crippen LogP contribution in [-0.2, 0) is 19.6 Å². The molecule has 0 saturated carbocycles. The third-order valence-corrected chi connectivity index (χ3v) is 5.77. The van der Waals surface area contributed by atoms with E-state index in [1.54, 1.807) is 0 Å². The molecule has 24 heavy (non-hydrogen) atoms. The molecule has 1 heterocycles. The van der Waals surface area contributed by atoms with Crippen molar-refractivity contribution in [1.29, 1.82) is 0 Å². The highest BCUT2D eigenvalue weighted by Crippen LogP contribution is 2.30. The summed E-state index contributed by atoms with van der Waals surface area (Å²) < 4.78 is 32.0. The van der Waals surface area contributed by atoms with Crippen LogP contribution < -0.4 is 15.8 Å². The Morgan fingerprint density at radius 2 is 2.08 bits per heavy atom. The van der Waals surface area contributed by atoms with Gasteiger partial charge in [0.2, 0.25) is 21.8 Å². The summed E-state index contributed by atoms with van der Waals surface area (Å²) in [6, 6.07) is 4.24. The monoisotopic (exact) mass is 355 g/mol. The van der Waals surface area contributed by atoms with Crippen molar-refractivity contribution in [3.8, 4) is 5.75 Å². The molecule has 1 aliphatic rings. The molecule has 1 aromatic rings. The van der Waals surface area contributed by atoms with Crippen molar-refractivity contribution in [2.75, 3.05) is 25.5 Å². The van der Waals surface area contributed by atoms with E-state index in [1.165, 1.54) is 36.5 Å². The number of piperidine rings is 1. The highest BCUT2D eigenvalue weighted by molar-refractivity contribution is 7.89. The van der Waals surface area contributed by atoms with Gasteiger partial charge in [0.1, 0.15) is 5.75 Å². The Bertz CT molecular complexity index is 747. The number of anilines is 1. The van der Waals surface area contributed by atoms with E-state index in [9.17, 15) is 18.0 Å². The van der Waals surface area contributed by atoms with Crippen molar-refractivity contribution < 1.29 is 22.7 Å². The molecule has 0 bridgehead atoms. The summed E-state index contributed by atoms with van der Waals surface area (Å²) in [5, 5.41) is 2.55. The maximum absolute atomic E-state index is 12.8. The predicted molar refractivity (Wildman–Crippen MR) is 88.0 cm³/mol. The highest BCUT2D eigenvalue weighted by Gasteiger charge is 2.32. The summed E-state index contributed by atoms with van der Waals surface area (Å²) in [5.41, 5.74) is 5.58. The average Bonchev–Trinajstić information content (AvgIpc) is 2.54. The van der Waals surface area contributed by atoms with E-state index < -0.39 is 21.8 Å². The number of amides is 2.